The Balaban J connectivity index is 2.57. The van der Waals surface area contributed by atoms with Crippen LogP contribution in [0.5, 0.6) is 0 Å². The summed E-state index contributed by atoms with van der Waals surface area (Å²) < 4.78 is 0. The van der Waals surface area contributed by atoms with Gasteiger partial charge < -0.3 is 10.2 Å². The maximum absolute atomic E-state index is 12.2. The molecule has 0 fully saturated rings. The number of hydrogen-bond acceptors (Lipinski definition) is 5. The third-order valence-corrected chi connectivity index (χ3v) is 3.60. The molecule has 1 aromatic rings. The summed E-state index contributed by atoms with van der Waals surface area (Å²) in [6.07, 6.45) is 0. The Labute approximate surface area is 127 Å². The molecule has 0 aromatic heterocycles. The molecule has 0 saturated heterocycles. The normalized spacial score (nSPS) is 15.9. The number of amides is 1. The van der Waals surface area contributed by atoms with Crippen LogP contribution in [0.1, 0.15) is 17.3 Å². The number of fused-ring (bicyclic) bond motifs is 1. The molecule has 9 heteroatoms. The van der Waals surface area contributed by atoms with Gasteiger partial charge >= 0.3 is 5.97 Å². The number of anilines is 1. The predicted octanol–water partition coefficient (Wildman–Crippen LogP) is 2.70. The Morgan fingerprint density at radius 3 is 2.50 bits per heavy atom. The van der Waals surface area contributed by atoms with Crippen molar-refractivity contribution in [3.8, 4) is 0 Å². The standard InChI is InChI=1S/C11H5Cl3N2O4/c1-3(17)20-16-9-10(18)6-5(15-11(9)19)2-4(12)7(13)8(6)14/h2H,1H3,(H,15,19). The number of nitrogens with zero attached hydrogens (tertiary/aromatic N) is 1. The van der Waals surface area contributed by atoms with E-state index in [1.165, 1.54) is 6.07 Å². The molecular weight excluding hydrogens is 330 g/mol. The van der Waals surface area contributed by atoms with Gasteiger partial charge in [0.25, 0.3) is 5.91 Å². The van der Waals surface area contributed by atoms with Gasteiger partial charge in [-0.25, -0.2) is 4.79 Å². The SMILES string of the molecule is CC(=O)ON=C1C(=O)Nc2cc(Cl)c(Cl)c(Cl)c2C1=O. The van der Waals surface area contributed by atoms with Gasteiger partial charge in [-0.3, -0.25) is 9.59 Å². The van der Waals surface area contributed by atoms with Crippen molar-refractivity contribution in [2.24, 2.45) is 5.16 Å². The Morgan fingerprint density at radius 2 is 1.90 bits per heavy atom. The fourth-order valence-electron chi connectivity index (χ4n) is 1.51. The van der Waals surface area contributed by atoms with Gasteiger partial charge in [0.05, 0.1) is 26.3 Å². The first kappa shape index (κ1) is 14.8. The number of hydrogen-bond donors (Lipinski definition) is 1. The summed E-state index contributed by atoms with van der Waals surface area (Å²) in [5.41, 5.74) is -0.555. The first-order valence-electron chi connectivity index (χ1n) is 5.12. The molecular formula is C11H5Cl3N2O4. The molecule has 1 amide bonds. The van der Waals surface area contributed by atoms with Crippen LogP contribution in [0.25, 0.3) is 0 Å². The summed E-state index contributed by atoms with van der Waals surface area (Å²) in [5, 5.41) is 5.52. The number of nitrogens with one attached hydrogen (secondary N) is 1. The molecule has 0 bridgehead atoms. The Morgan fingerprint density at radius 1 is 1.25 bits per heavy atom. The van der Waals surface area contributed by atoms with Crippen molar-refractivity contribution in [3.63, 3.8) is 0 Å². The van der Waals surface area contributed by atoms with E-state index in [2.05, 4.69) is 15.3 Å². The fourth-order valence-corrected chi connectivity index (χ4v) is 2.20. The molecule has 20 heavy (non-hydrogen) atoms. The largest absolute Gasteiger partial charge is 0.332 e. The third-order valence-electron chi connectivity index (χ3n) is 2.33. The summed E-state index contributed by atoms with van der Waals surface area (Å²) in [5.74, 6) is -2.42. The molecule has 0 saturated carbocycles. The van der Waals surface area contributed by atoms with E-state index in [4.69, 9.17) is 34.8 Å². The van der Waals surface area contributed by atoms with E-state index in [0.717, 1.165) is 6.92 Å². The smallest absolute Gasteiger partial charge is 0.320 e. The fraction of sp³-hybridized carbons (Fsp3) is 0.0909. The number of benzene rings is 1. The van der Waals surface area contributed by atoms with Crippen LogP contribution in [0.4, 0.5) is 5.69 Å². The monoisotopic (exact) mass is 334 g/mol. The van der Waals surface area contributed by atoms with Crippen LogP contribution < -0.4 is 5.32 Å². The number of rotatable bonds is 1. The molecule has 0 spiro atoms. The second-order valence-corrected chi connectivity index (χ2v) is 4.88. The molecule has 0 radical (unpaired) electrons. The number of Topliss-reactive ketones (excluding diaryl/α,β-unsaturated/α-hetero) is 1. The van der Waals surface area contributed by atoms with E-state index in [1.54, 1.807) is 0 Å². The topological polar surface area (TPSA) is 84.8 Å². The van der Waals surface area contributed by atoms with Gasteiger partial charge in [-0.15, -0.1) is 0 Å². The number of carbonyl (C=O) groups is 3. The van der Waals surface area contributed by atoms with E-state index in [9.17, 15) is 14.4 Å². The van der Waals surface area contributed by atoms with Crippen LogP contribution in [0.3, 0.4) is 0 Å². The second-order valence-electron chi connectivity index (χ2n) is 3.71. The lowest BCUT2D eigenvalue weighted by Gasteiger charge is -2.18. The first-order valence-corrected chi connectivity index (χ1v) is 6.25. The van der Waals surface area contributed by atoms with Gasteiger partial charge in [-0.2, -0.15) is 0 Å². The highest BCUT2D eigenvalue weighted by Gasteiger charge is 2.34. The summed E-state index contributed by atoms with van der Waals surface area (Å²) in [6.45, 7) is 1.08. The maximum atomic E-state index is 12.2. The molecule has 0 aliphatic carbocycles. The zero-order valence-corrected chi connectivity index (χ0v) is 12.1. The maximum Gasteiger partial charge on any atom is 0.332 e. The molecule has 0 unspecified atom stereocenters. The first-order chi connectivity index (χ1) is 9.32. The molecule has 1 aromatic carbocycles. The number of carbonyl (C=O) groups excluding carboxylic acids is 3. The quantitative estimate of drug-likeness (QED) is 0.486. The number of halogens is 3. The molecule has 1 aliphatic rings. The molecule has 6 nitrogen and oxygen atoms in total. The van der Waals surface area contributed by atoms with Crippen LogP contribution in [0.2, 0.25) is 15.1 Å². The Kier molecular flexibility index (Phi) is 3.99. The van der Waals surface area contributed by atoms with Crippen molar-refractivity contribution in [1.29, 1.82) is 0 Å². The average molecular weight is 336 g/mol. The summed E-state index contributed by atoms with van der Waals surface area (Å²) >= 11 is 17.6. The highest BCUT2D eigenvalue weighted by molar-refractivity contribution is 6.73. The van der Waals surface area contributed by atoms with E-state index in [-0.39, 0.29) is 26.3 Å². The van der Waals surface area contributed by atoms with Crippen LogP contribution in [-0.2, 0) is 14.4 Å². The lowest BCUT2D eigenvalue weighted by atomic mass is 10.00. The van der Waals surface area contributed by atoms with Gasteiger partial charge in [0.1, 0.15) is 0 Å². The molecule has 0 atom stereocenters. The van der Waals surface area contributed by atoms with Crippen molar-refractivity contribution in [2.75, 3.05) is 5.32 Å². The highest BCUT2D eigenvalue weighted by atomic mass is 35.5. The molecule has 1 N–H and O–H groups in total. The van der Waals surface area contributed by atoms with E-state index < -0.39 is 23.4 Å². The number of oxime groups is 1. The molecule has 1 heterocycles. The minimum absolute atomic E-state index is 0.0246. The van der Waals surface area contributed by atoms with Gasteiger partial charge in [-0.05, 0) is 6.07 Å². The Bertz CT molecular complexity index is 685. The van der Waals surface area contributed by atoms with Gasteiger partial charge in [0, 0.05) is 6.92 Å². The lowest BCUT2D eigenvalue weighted by molar-refractivity contribution is -0.140. The van der Waals surface area contributed by atoms with Crippen LogP contribution in [-0.4, -0.2) is 23.4 Å². The zero-order valence-electron chi connectivity index (χ0n) is 9.79. The van der Waals surface area contributed by atoms with Crippen molar-refractivity contribution >= 4 is 63.9 Å². The van der Waals surface area contributed by atoms with Crippen LogP contribution >= 0.6 is 34.8 Å². The number of ketones is 1. The van der Waals surface area contributed by atoms with Crippen molar-refractivity contribution in [1.82, 2.24) is 0 Å². The zero-order chi connectivity index (χ0) is 15.0. The minimum Gasteiger partial charge on any atom is -0.320 e. The summed E-state index contributed by atoms with van der Waals surface area (Å²) in [6, 6.07) is 1.30. The van der Waals surface area contributed by atoms with Crippen LogP contribution in [0, 0.1) is 0 Å². The van der Waals surface area contributed by atoms with Crippen LogP contribution in [0.15, 0.2) is 11.2 Å². The third kappa shape index (κ3) is 2.49. The molecule has 1 aliphatic heterocycles. The Hall–Kier alpha value is -1.63. The van der Waals surface area contributed by atoms with Crippen molar-refractivity contribution < 1.29 is 19.2 Å². The highest BCUT2D eigenvalue weighted by Crippen LogP contribution is 2.39. The van der Waals surface area contributed by atoms with E-state index in [0.29, 0.717) is 0 Å². The van der Waals surface area contributed by atoms with Gasteiger partial charge in [0.2, 0.25) is 11.5 Å². The summed E-state index contributed by atoms with van der Waals surface area (Å²) in [4.78, 5) is 38.8. The van der Waals surface area contributed by atoms with Gasteiger partial charge in [0.15, 0.2) is 0 Å². The second kappa shape index (κ2) is 5.40. The van der Waals surface area contributed by atoms with Crippen molar-refractivity contribution in [2.45, 2.75) is 6.92 Å². The molecule has 104 valence electrons. The predicted molar refractivity (Wildman–Crippen MR) is 73.6 cm³/mol. The summed E-state index contributed by atoms with van der Waals surface area (Å²) in [7, 11) is 0. The van der Waals surface area contributed by atoms with Crippen molar-refractivity contribution in [3.05, 3.63) is 26.7 Å². The minimum atomic E-state index is -0.835. The molecule has 2 rings (SSSR count). The van der Waals surface area contributed by atoms with Gasteiger partial charge in [-0.1, -0.05) is 40.0 Å². The van der Waals surface area contributed by atoms with E-state index in [1.807, 2.05) is 0 Å². The average Bonchev–Trinajstić information content (AvgIpc) is 2.35. The van der Waals surface area contributed by atoms with E-state index >= 15 is 0 Å². The lowest BCUT2D eigenvalue weighted by Crippen LogP contribution is -2.36.